The van der Waals surface area contributed by atoms with Gasteiger partial charge in [-0.05, 0) is 150 Å². The van der Waals surface area contributed by atoms with E-state index in [2.05, 4.69) is 451 Å². The molecule has 3 aliphatic rings. The summed E-state index contributed by atoms with van der Waals surface area (Å²) in [6.07, 6.45) is 11.4. The van der Waals surface area contributed by atoms with Crippen LogP contribution in [0.3, 0.4) is 0 Å². The molecule has 0 aromatic heterocycles. The first-order valence-corrected chi connectivity index (χ1v) is 68.3. The number of anilines is 1. The second-order valence-corrected chi connectivity index (χ2v) is 65.2. The fourth-order valence-corrected chi connectivity index (χ4v) is 34.7. The second kappa shape index (κ2) is 62.6. The van der Waals surface area contributed by atoms with E-state index in [-0.39, 0.29) is 65.1 Å². The number of allylic oxidation sites excluding steroid dienone is 2. The average molecular weight is 2270 g/mol. The number of hydrogen-bond acceptors (Lipinski definition) is 3. The Hall–Kier alpha value is -6.22. The Morgan fingerprint density at radius 3 is 1.13 bits per heavy atom. The monoisotopic (exact) mass is 2270 g/mol. The summed E-state index contributed by atoms with van der Waals surface area (Å²) >= 11 is 0.00912. The predicted octanol–water partition coefficient (Wildman–Crippen LogP) is 27.6. The minimum absolute atomic E-state index is 0. The van der Waals surface area contributed by atoms with Crippen molar-refractivity contribution >= 4 is 159 Å². The first-order valence-electron chi connectivity index (χ1n) is 46.3. The normalized spacial score (nSPS) is 13.8. The first-order chi connectivity index (χ1) is 64.2. The van der Waals surface area contributed by atoms with Crippen molar-refractivity contribution in [2.24, 2.45) is 10.8 Å². The number of para-hydroxylation sites is 4. The van der Waals surface area contributed by atoms with Gasteiger partial charge in [0.1, 0.15) is 37.6 Å². The van der Waals surface area contributed by atoms with E-state index in [9.17, 15) is 12.9 Å². The Morgan fingerprint density at radius 2 is 0.806 bits per heavy atom. The van der Waals surface area contributed by atoms with E-state index in [0.717, 1.165) is 26.7 Å². The van der Waals surface area contributed by atoms with Crippen LogP contribution in [0.1, 0.15) is 200 Å². The number of ether oxygens (including phenoxy) is 2. The fourth-order valence-electron chi connectivity index (χ4n) is 17.2. The Morgan fingerprint density at radius 1 is 0.468 bits per heavy atom. The second-order valence-electron chi connectivity index (χ2n) is 39.1. The molecule has 12 aromatic rings. The molecule has 0 N–H and O–H groups in total. The van der Waals surface area contributed by atoms with E-state index in [1.165, 1.54) is 101 Å². The van der Waals surface area contributed by atoms with Gasteiger partial charge in [-0.2, -0.15) is 4.58 Å². The van der Waals surface area contributed by atoms with E-state index < -0.39 is 66.9 Å². The van der Waals surface area contributed by atoms with Gasteiger partial charge in [0.05, 0.1) is 21.9 Å². The molecule has 750 valence electrons. The fraction of sp³-hybridized carbons (Fsp3) is 0.310. The number of benzene rings is 12. The molecule has 139 heavy (non-hydrogen) atoms. The van der Waals surface area contributed by atoms with Gasteiger partial charge >= 0.3 is 269 Å². The van der Waals surface area contributed by atoms with Crippen molar-refractivity contribution < 1.29 is 92.7 Å². The largest absolute Gasteiger partial charge is 1.00 e. The van der Waals surface area contributed by atoms with Crippen LogP contribution in [0, 0.1) is 31.2 Å². The zero-order valence-corrected chi connectivity index (χ0v) is 97.6. The molecule has 2 heterocycles. The van der Waals surface area contributed by atoms with Crippen molar-refractivity contribution in [1.82, 2.24) is 0 Å². The van der Waals surface area contributed by atoms with Crippen molar-refractivity contribution in [3.63, 3.8) is 0 Å². The third kappa shape index (κ3) is 43.5. The van der Waals surface area contributed by atoms with Crippen LogP contribution in [0.2, 0.25) is 39.3 Å². The predicted molar refractivity (Wildman–Crippen MR) is 605 cm³/mol. The molecule has 15 rings (SSSR count). The van der Waals surface area contributed by atoms with Crippen LogP contribution in [-0.4, -0.2) is 66.8 Å². The van der Waals surface area contributed by atoms with Gasteiger partial charge in [-0.1, -0.05) is 301 Å². The molecule has 1 saturated heterocycles. The van der Waals surface area contributed by atoms with Gasteiger partial charge in [0, 0.05) is 53.6 Å². The molecular formula is C116H148BCl5CuF4LiN3O2P2Ru2Si2+. The Labute approximate surface area is 890 Å². The first kappa shape index (κ1) is 127. The summed E-state index contributed by atoms with van der Waals surface area (Å²) in [7, 11) is 20.6. The molecule has 2 aliphatic heterocycles. The van der Waals surface area contributed by atoms with Gasteiger partial charge in [0.2, 0.25) is 5.69 Å². The summed E-state index contributed by atoms with van der Waals surface area (Å²) in [5.41, 5.74) is 16.5. The molecule has 1 fully saturated rings. The van der Waals surface area contributed by atoms with Crippen molar-refractivity contribution in [3.05, 3.63) is 395 Å². The summed E-state index contributed by atoms with van der Waals surface area (Å²) in [4.78, 5) is 2.53. The minimum Gasteiger partial charge on any atom is -1.00 e. The van der Waals surface area contributed by atoms with Gasteiger partial charge in [0.15, 0.2) is 11.8 Å². The van der Waals surface area contributed by atoms with Crippen LogP contribution in [0.15, 0.2) is 334 Å². The minimum atomic E-state index is -3.67. The molecule has 0 bridgehead atoms. The summed E-state index contributed by atoms with van der Waals surface area (Å²) in [6.45, 7) is 58.6. The van der Waals surface area contributed by atoms with Gasteiger partial charge in [0.25, 0.3) is 0 Å². The van der Waals surface area contributed by atoms with Gasteiger partial charge in [-0.25, -0.2) is 6.54 Å². The molecule has 5 nitrogen and oxygen atoms in total. The zero-order valence-electron chi connectivity index (χ0n) is 85.4. The summed E-state index contributed by atoms with van der Waals surface area (Å²) in [5, 5.41) is 8.61. The van der Waals surface area contributed by atoms with Gasteiger partial charge in [-0.3, -0.25) is 12.9 Å². The van der Waals surface area contributed by atoms with E-state index in [0.29, 0.717) is 11.8 Å². The molecule has 0 radical (unpaired) electrons. The maximum atomic E-state index is 9.67. The molecule has 0 amide bonds. The van der Waals surface area contributed by atoms with Crippen molar-refractivity contribution in [1.29, 1.82) is 0 Å². The maximum Gasteiger partial charge on any atom is 1.00 e. The zero-order chi connectivity index (χ0) is 101. The molecule has 0 unspecified atom stereocenters. The molecular weight excluding hydrogens is 2120 g/mol. The third-order valence-corrected chi connectivity index (χ3v) is 37.2. The summed E-state index contributed by atoms with van der Waals surface area (Å²) < 4.78 is 50.6. The van der Waals surface area contributed by atoms with E-state index in [4.69, 9.17) is 52.9 Å². The molecule has 12 aromatic carbocycles. The van der Waals surface area contributed by atoms with Gasteiger partial charge in [-0.15, -0.1) is 5.41 Å². The molecule has 0 atom stereocenters. The number of nitrogens with zero attached hydrogens (tertiary/aromatic N) is 3. The Bertz CT molecular complexity index is 5430. The van der Waals surface area contributed by atoms with Crippen LogP contribution >= 0.6 is 64.7 Å². The van der Waals surface area contributed by atoms with Crippen LogP contribution in [0.25, 0.3) is 16.3 Å². The number of halogens is 9. The molecule has 0 saturated carbocycles. The van der Waals surface area contributed by atoms with Crippen LogP contribution in [0.4, 0.5) is 24.3 Å². The van der Waals surface area contributed by atoms with Gasteiger partial charge < -0.3 is 19.0 Å². The topological polar surface area (TPSA) is 38.8 Å². The SMILES string of the molecule is C.CC(C)Oc1ccccc1[CH]=[Ru]([Cl])[Cl].CC=Cc1ccccc1OC(C)C.C[Si](C)(C)[N-][Si](C)(C)C.Cc1cccc(C(C)C)c1N1[CH-]C(C)(C)CC1(C)C.Cc1cccc(C(C)C)c1[N+]1=CC(C)(C)CC1(C)C.FB(F)F.[Cl][Cu].[Cl][Ru]([Cl])=[C]1C=C(c2ccccc2)c2ccccc21.[F-].[Li+].c1ccc([PH+](c2ccccc2)c2ccccc2)cc1.c1ccc([PH+](c2ccccc2)c2ccccc2)cc1. The Kier molecular flexibility index (Phi) is 57.2. The molecule has 1 aliphatic carbocycles. The smallest absolute Gasteiger partial charge is 1.00 e. The number of aryl methyl sites for hydroxylation is 2. The van der Waals surface area contributed by atoms with E-state index in [1.54, 1.807) is 0 Å². The number of fused-ring (bicyclic) bond motifs is 1. The molecule has 0 spiro atoms. The summed E-state index contributed by atoms with van der Waals surface area (Å²) in [6, 6.07) is 113. The van der Waals surface area contributed by atoms with Crippen LogP contribution < -0.4 is 69.8 Å². The third-order valence-electron chi connectivity index (χ3n) is 21.4. The van der Waals surface area contributed by atoms with E-state index in [1.807, 2.05) is 112 Å². The average Bonchev–Trinajstić information content (AvgIpc) is 1.61. The standard InChI is InChI=1S/2C18H28N.2C18H15P.C15H10.C12H16O.C10H12O.C6H18NSi2.CH4.BF3.5ClH.Cu.FH.Li.2Ru/c2*1-13(2)15-10-8-9-14(3)16(15)19-12-17(4,5)11-18(19,6)7;2*1-4-10-16(11-5-1)19(17-12-6-2-7-13-17)18-14-8-3-9-15-18;1-2-6-12(7-3-1)15-11-10-13-8-4-5-9-14(13)15;1-4-7-11-8-5-6-9-12(11)13-10(2)3;1-8(2)11-10-7-5-4-6-9(10)3;1-8(2,3)7-9(4,5)6;;2-1(3)4;;;;;;;;;;/h2*8-10,12-13H,11H2,1-7H3;2*1-15H;1-9,11H;4-10H,1-3H3;3-8H,1-2H3;1-6H3;1H4;;5*1H;;1H;;;/q-1;+1;;;;;;-1;;;;;;;;+1;;+1;2*+2/p-4. The van der Waals surface area contributed by atoms with Crippen LogP contribution in [0.5, 0.6) is 11.5 Å². The quantitative estimate of drug-likeness (QED) is 0.0266. The Balaban J connectivity index is 0.000000407. The maximum absolute atomic E-state index is 9.67. The molecule has 23 heteroatoms. The van der Waals surface area contributed by atoms with Crippen molar-refractivity contribution in [3.8, 4) is 11.5 Å². The number of rotatable bonds is 19. The van der Waals surface area contributed by atoms with Crippen molar-refractivity contribution in [2.75, 3.05) is 4.90 Å². The van der Waals surface area contributed by atoms with E-state index >= 15 is 0 Å². The van der Waals surface area contributed by atoms with Crippen molar-refractivity contribution in [2.45, 2.75) is 226 Å². The van der Waals surface area contributed by atoms with Crippen LogP contribution in [-0.2, 0) is 42.1 Å². The summed E-state index contributed by atoms with van der Waals surface area (Å²) in [5.74, 6) is 2.92. The number of hydrogen-bond donors (Lipinski definition) is 0.